The van der Waals surface area contributed by atoms with Crippen LogP contribution >= 0.6 is 0 Å². The Morgan fingerprint density at radius 1 is 1.15 bits per heavy atom. The van der Waals surface area contributed by atoms with Crippen LogP contribution < -0.4 is 10.0 Å². The van der Waals surface area contributed by atoms with Gasteiger partial charge in [0.15, 0.2) is 0 Å². The lowest BCUT2D eigenvalue weighted by atomic mass is 10.2. The van der Waals surface area contributed by atoms with Gasteiger partial charge < -0.3 is 5.32 Å². The molecule has 1 heterocycles. The molecule has 0 saturated heterocycles. The fraction of sp³-hybridized carbons (Fsp3) is 0.214. The summed E-state index contributed by atoms with van der Waals surface area (Å²) in [6.07, 6.45) is 1.78. The number of para-hydroxylation sites is 1. The first-order chi connectivity index (χ1) is 9.53. The largest absolute Gasteiger partial charge is 0.380 e. The highest BCUT2D eigenvalue weighted by atomic mass is 32.2. The summed E-state index contributed by atoms with van der Waals surface area (Å²) in [5.74, 6) is 0. The molecular weight excluding hydrogens is 274 g/mol. The second-order valence-corrected chi connectivity index (χ2v) is 6.22. The zero-order valence-electron chi connectivity index (χ0n) is 11.4. The molecule has 0 atom stereocenters. The molecule has 0 aliphatic carbocycles. The molecule has 0 radical (unpaired) electrons. The van der Waals surface area contributed by atoms with E-state index in [1.807, 2.05) is 19.1 Å². The minimum atomic E-state index is -3.47. The summed E-state index contributed by atoms with van der Waals surface area (Å²) < 4.78 is 26.2. The van der Waals surface area contributed by atoms with E-state index < -0.39 is 10.0 Å². The Kier molecular flexibility index (Phi) is 4.36. The van der Waals surface area contributed by atoms with Crippen LogP contribution in [0.1, 0.15) is 11.3 Å². The van der Waals surface area contributed by atoms with Crippen molar-refractivity contribution in [1.82, 2.24) is 9.71 Å². The van der Waals surface area contributed by atoms with Crippen LogP contribution in [0.25, 0.3) is 0 Å². The average Bonchev–Trinajstić information content (AvgIpc) is 2.47. The van der Waals surface area contributed by atoms with Crippen molar-refractivity contribution in [2.45, 2.75) is 18.4 Å². The van der Waals surface area contributed by atoms with Crippen molar-refractivity contribution in [3.63, 3.8) is 0 Å². The lowest BCUT2D eigenvalue weighted by Gasteiger charge is -2.12. The van der Waals surface area contributed by atoms with Crippen molar-refractivity contribution < 1.29 is 8.42 Å². The quantitative estimate of drug-likeness (QED) is 0.883. The Morgan fingerprint density at radius 3 is 2.55 bits per heavy atom. The molecular formula is C14H17N3O2S. The van der Waals surface area contributed by atoms with E-state index in [1.54, 1.807) is 30.5 Å². The first-order valence-electron chi connectivity index (χ1n) is 6.21. The van der Waals surface area contributed by atoms with Gasteiger partial charge in [-0.1, -0.05) is 18.2 Å². The maximum atomic E-state index is 11.9. The van der Waals surface area contributed by atoms with Gasteiger partial charge in [0, 0.05) is 18.4 Å². The number of sulfonamides is 1. The van der Waals surface area contributed by atoms with Gasteiger partial charge in [-0.05, 0) is 37.7 Å². The Bertz CT molecular complexity index is 682. The monoisotopic (exact) mass is 291 g/mol. The number of aryl methyl sites for hydroxylation is 1. The molecule has 0 fully saturated rings. The van der Waals surface area contributed by atoms with Crippen LogP contribution in [0.15, 0.2) is 47.5 Å². The number of nitrogens with one attached hydrogen (secondary N) is 2. The topological polar surface area (TPSA) is 71.1 Å². The molecule has 0 saturated carbocycles. The van der Waals surface area contributed by atoms with Crippen molar-refractivity contribution in [2.24, 2.45) is 0 Å². The first-order valence-corrected chi connectivity index (χ1v) is 7.69. The first kappa shape index (κ1) is 14.5. The Balaban J connectivity index is 2.20. The molecule has 6 heteroatoms. The molecule has 0 aliphatic rings. The van der Waals surface area contributed by atoms with Crippen molar-refractivity contribution in [3.8, 4) is 0 Å². The molecule has 5 nitrogen and oxygen atoms in total. The van der Waals surface area contributed by atoms with Crippen LogP contribution in [0, 0.1) is 6.92 Å². The fourth-order valence-corrected chi connectivity index (χ4v) is 2.66. The number of rotatable bonds is 5. The number of pyridine rings is 1. The molecule has 0 spiro atoms. The van der Waals surface area contributed by atoms with Crippen molar-refractivity contribution in [3.05, 3.63) is 53.9 Å². The summed E-state index contributed by atoms with van der Waals surface area (Å²) in [6.45, 7) is 2.44. The summed E-state index contributed by atoms with van der Waals surface area (Å²) in [7, 11) is -2.07. The minimum Gasteiger partial charge on any atom is -0.380 e. The summed E-state index contributed by atoms with van der Waals surface area (Å²) >= 11 is 0. The van der Waals surface area contributed by atoms with Gasteiger partial charge in [0.1, 0.15) is 4.90 Å². The number of nitrogens with zero attached hydrogens (tertiary/aromatic N) is 1. The average molecular weight is 291 g/mol. The normalized spacial score (nSPS) is 11.3. The highest BCUT2D eigenvalue weighted by Crippen LogP contribution is 2.20. The molecule has 106 valence electrons. The number of benzene rings is 1. The van der Waals surface area contributed by atoms with Crippen molar-refractivity contribution in [1.29, 1.82) is 0 Å². The van der Waals surface area contributed by atoms with Gasteiger partial charge in [-0.3, -0.25) is 4.98 Å². The zero-order valence-corrected chi connectivity index (χ0v) is 12.2. The fourth-order valence-electron chi connectivity index (χ4n) is 1.76. The predicted molar refractivity (Wildman–Crippen MR) is 79.0 cm³/mol. The number of hydrogen-bond donors (Lipinski definition) is 2. The predicted octanol–water partition coefficient (Wildman–Crippen LogP) is 1.91. The summed E-state index contributed by atoms with van der Waals surface area (Å²) in [5, 5.41) is 3.13. The molecule has 2 aromatic rings. The highest BCUT2D eigenvalue weighted by molar-refractivity contribution is 7.89. The van der Waals surface area contributed by atoms with E-state index in [1.165, 1.54) is 7.05 Å². The van der Waals surface area contributed by atoms with E-state index >= 15 is 0 Å². The summed E-state index contributed by atoms with van der Waals surface area (Å²) in [6, 6.07) is 10.7. The number of aromatic nitrogens is 1. The van der Waals surface area contributed by atoms with Crippen LogP contribution in [-0.4, -0.2) is 20.4 Å². The smallest absolute Gasteiger partial charge is 0.242 e. The highest BCUT2D eigenvalue weighted by Gasteiger charge is 2.15. The third-order valence-electron chi connectivity index (χ3n) is 2.90. The van der Waals surface area contributed by atoms with Crippen LogP contribution in [0.3, 0.4) is 0 Å². The van der Waals surface area contributed by atoms with Gasteiger partial charge >= 0.3 is 0 Å². The standard InChI is InChI=1S/C14H17N3O2S/c1-11-7-8-12(9-16-11)10-17-13-5-3-4-6-14(13)20(18,19)15-2/h3-9,15,17H,10H2,1-2H3. The molecule has 2 rings (SSSR count). The van der Waals surface area contributed by atoms with Gasteiger partial charge in [0.2, 0.25) is 10.0 Å². The third-order valence-corrected chi connectivity index (χ3v) is 4.37. The maximum absolute atomic E-state index is 11.9. The lowest BCUT2D eigenvalue weighted by Crippen LogP contribution is -2.20. The van der Waals surface area contributed by atoms with E-state index in [-0.39, 0.29) is 4.90 Å². The van der Waals surface area contributed by atoms with Crippen LogP contribution in [0.4, 0.5) is 5.69 Å². The number of hydrogen-bond acceptors (Lipinski definition) is 4. The molecule has 0 amide bonds. The minimum absolute atomic E-state index is 0.238. The van der Waals surface area contributed by atoms with E-state index in [4.69, 9.17) is 0 Å². The Hall–Kier alpha value is -1.92. The molecule has 20 heavy (non-hydrogen) atoms. The van der Waals surface area contributed by atoms with Crippen LogP contribution in [-0.2, 0) is 16.6 Å². The summed E-state index contributed by atoms with van der Waals surface area (Å²) in [5.41, 5.74) is 2.52. The van der Waals surface area contributed by atoms with Crippen LogP contribution in [0.2, 0.25) is 0 Å². The maximum Gasteiger partial charge on any atom is 0.242 e. The van der Waals surface area contributed by atoms with E-state index in [2.05, 4.69) is 15.0 Å². The van der Waals surface area contributed by atoms with Gasteiger partial charge in [0.05, 0.1) is 5.69 Å². The van der Waals surface area contributed by atoms with Crippen LogP contribution in [0.5, 0.6) is 0 Å². The Morgan fingerprint density at radius 2 is 1.90 bits per heavy atom. The van der Waals surface area contributed by atoms with Gasteiger partial charge in [-0.2, -0.15) is 0 Å². The van der Waals surface area contributed by atoms with Gasteiger partial charge in [-0.15, -0.1) is 0 Å². The second kappa shape index (κ2) is 6.02. The number of anilines is 1. The molecule has 0 unspecified atom stereocenters. The Labute approximate surface area is 119 Å². The van der Waals surface area contributed by atoms with E-state index in [0.717, 1.165) is 11.3 Å². The van der Waals surface area contributed by atoms with Crippen molar-refractivity contribution >= 4 is 15.7 Å². The van der Waals surface area contributed by atoms with E-state index in [0.29, 0.717) is 12.2 Å². The lowest BCUT2D eigenvalue weighted by molar-refractivity contribution is 0.588. The van der Waals surface area contributed by atoms with Crippen molar-refractivity contribution in [2.75, 3.05) is 12.4 Å². The van der Waals surface area contributed by atoms with Gasteiger partial charge in [-0.25, -0.2) is 13.1 Å². The molecule has 1 aromatic heterocycles. The molecule has 1 aromatic carbocycles. The molecule has 0 bridgehead atoms. The molecule has 2 N–H and O–H groups in total. The molecule has 0 aliphatic heterocycles. The SMILES string of the molecule is CNS(=O)(=O)c1ccccc1NCc1ccc(C)nc1. The van der Waals surface area contributed by atoms with E-state index in [9.17, 15) is 8.42 Å². The van der Waals surface area contributed by atoms with Gasteiger partial charge in [0.25, 0.3) is 0 Å². The zero-order chi connectivity index (χ0) is 14.6. The third kappa shape index (κ3) is 3.34. The summed E-state index contributed by atoms with van der Waals surface area (Å²) in [4.78, 5) is 4.45. The second-order valence-electron chi connectivity index (χ2n) is 4.37.